The molecule has 1 fully saturated rings. The van der Waals surface area contributed by atoms with E-state index in [4.69, 9.17) is 9.47 Å². The molecule has 1 atom stereocenters. The number of ether oxygens (including phenoxy) is 2. The fourth-order valence-corrected chi connectivity index (χ4v) is 3.15. The van der Waals surface area contributed by atoms with Crippen LogP contribution in [0, 0.1) is 5.92 Å². The molecule has 0 saturated carbocycles. The van der Waals surface area contributed by atoms with Gasteiger partial charge in [0.25, 0.3) is 0 Å². The summed E-state index contributed by atoms with van der Waals surface area (Å²) in [5, 5.41) is 2.83. The maximum atomic E-state index is 12.7. The topological polar surface area (TPSA) is 84.9 Å². The van der Waals surface area contributed by atoms with Gasteiger partial charge in [0.1, 0.15) is 11.5 Å². The van der Waals surface area contributed by atoms with Crippen molar-refractivity contribution in [2.24, 2.45) is 5.92 Å². The number of ketones is 1. The van der Waals surface area contributed by atoms with Crippen LogP contribution in [0.15, 0.2) is 42.5 Å². The van der Waals surface area contributed by atoms with Gasteiger partial charge in [0.15, 0.2) is 5.78 Å². The van der Waals surface area contributed by atoms with Crippen LogP contribution < -0.4 is 19.7 Å². The van der Waals surface area contributed by atoms with Crippen LogP contribution in [-0.2, 0) is 9.59 Å². The zero-order valence-corrected chi connectivity index (χ0v) is 16.0. The number of benzene rings is 2. The molecule has 28 heavy (non-hydrogen) atoms. The van der Waals surface area contributed by atoms with E-state index in [0.717, 1.165) is 0 Å². The summed E-state index contributed by atoms with van der Waals surface area (Å²) in [5.41, 5.74) is 1.77. The summed E-state index contributed by atoms with van der Waals surface area (Å²) in [6, 6.07) is 11.9. The van der Waals surface area contributed by atoms with Gasteiger partial charge in [0, 0.05) is 30.3 Å². The fourth-order valence-electron chi connectivity index (χ4n) is 3.15. The first-order valence-corrected chi connectivity index (χ1v) is 8.87. The summed E-state index contributed by atoms with van der Waals surface area (Å²) in [7, 11) is 3.06. The molecule has 2 aromatic rings. The number of rotatable bonds is 6. The monoisotopic (exact) mass is 382 g/mol. The minimum Gasteiger partial charge on any atom is -0.497 e. The van der Waals surface area contributed by atoms with Crippen LogP contribution in [0.4, 0.5) is 11.4 Å². The number of anilines is 2. The second-order valence-corrected chi connectivity index (χ2v) is 6.56. The van der Waals surface area contributed by atoms with Crippen molar-refractivity contribution < 1.29 is 23.9 Å². The minimum absolute atomic E-state index is 0.0370. The van der Waals surface area contributed by atoms with Gasteiger partial charge in [0.05, 0.1) is 25.8 Å². The number of hydrogen-bond donors (Lipinski definition) is 1. The van der Waals surface area contributed by atoms with Crippen LogP contribution >= 0.6 is 0 Å². The van der Waals surface area contributed by atoms with E-state index >= 15 is 0 Å². The number of hydrogen-bond acceptors (Lipinski definition) is 5. The van der Waals surface area contributed by atoms with Crippen molar-refractivity contribution >= 4 is 29.0 Å². The molecule has 1 heterocycles. The summed E-state index contributed by atoms with van der Waals surface area (Å²) in [6.07, 6.45) is 0.124. The van der Waals surface area contributed by atoms with E-state index in [2.05, 4.69) is 5.32 Å². The molecule has 0 aromatic heterocycles. The van der Waals surface area contributed by atoms with Crippen LogP contribution in [0.3, 0.4) is 0 Å². The smallest absolute Gasteiger partial charge is 0.229 e. The maximum absolute atomic E-state index is 12.7. The van der Waals surface area contributed by atoms with Gasteiger partial charge in [-0.05, 0) is 43.3 Å². The van der Waals surface area contributed by atoms with Gasteiger partial charge >= 0.3 is 0 Å². The van der Waals surface area contributed by atoms with Crippen molar-refractivity contribution in [2.45, 2.75) is 13.3 Å². The average molecular weight is 382 g/mol. The first-order chi connectivity index (χ1) is 13.4. The number of nitrogens with zero attached hydrogens (tertiary/aromatic N) is 1. The van der Waals surface area contributed by atoms with Gasteiger partial charge in [-0.1, -0.05) is 0 Å². The van der Waals surface area contributed by atoms with E-state index in [0.29, 0.717) is 28.4 Å². The van der Waals surface area contributed by atoms with Crippen molar-refractivity contribution in [1.29, 1.82) is 0 Å². The van der Waals surface area contributed by atoms with E-state index < -0.39 is 5.92 Å². The molecule has 0 aliphatic carbocycles. The van der Waals surface area contributed by atoms with E-state index in [-0.39, 0.29) is 30.6 Å². The van der Waals surface area contributed by atoms with Gasteiger partial charge in [-0.2, -0.15) is 0 Å². The molecule has 7 nitrogen and oxygen atoms in total. The third-order valence-electron chi connectivity index (χ3n) is 4.75. The largest absolute Gasteiger partial charge is 0.497 e. The lowest BCUT2D eigenvalue weighted by Gasteiger charge is -2.17. The van der Waals surface area contributed by atoms with E-state index in [9.17, 15) is 14.4 Å². The van der Waals surface area contributed by atoms with Crippen molar-refractivity contribution in [3.63, 3.8) is 0 Å². The number of carbonyl (C=O) groups excluding carboxylic acids is 3. The Bertz CT molecular complexity index is 908. The molecule has 1 N–H and O–H groups in total. The highest BCUT2D eigenvalue weighted by Gasteiger charge is 2.35. The Morgan fingerprint density at radius 1 is 1.07 bits per heavy atom. The zero-order valence-electron chi connectivity index (χ0n) is 16.0. The van der Waals surface area contributed by atoms with Gasteiger partial charge in [-0.15, -0.1) is 0 Å². The van der Waals surface area contributed by atoms with Gasteiger partial charge < -0.3 is 19.7 Å². The molecule has 146 valence electrons. The van der Waals surface area contributed by atoms with Crippen LogP contribution in [0.2, 0.25) is 0 Å². The quantitative estimate of drug-likeness (QED) is 0.777. The predicted molar refractivity (Wildman–Crippen MR) is 105 cm³/mol. The number of nitrogens with one attached hydrogen (secondary N) is 1. The van der Waals surface area contributed by atoms with Crippen molar-refractivity contribution in [2.75, 3.05) is 31.0 Å². The first kappa shape index (κ1) is 19.4. The molecule has 0 radical (unpaired) electrons. The molecule has 0 bridgehead atoms. The molecular weight excluding hydrogens is 360 g/mol. The highest BCUT2D eigenvalue weighted by atomic mass is 16.5. The molecule has 1 saturated heterocycles. The van der Waals surface area contributed by atoms with Crippen LogP contribution in [0.1, 0.15) is 23.7 Å². The molecule has 0 spiro atoms. The van der Waals surface area contributed by atoms with Crippen molar-refractivity contribution in [3.8, 4) is 11.5 Å². The summed E-state index contributed by atoms with van der Waals surface area (Å²) in [5.74, 6) is 0.202. The number of methoxy groups -OCH3 is 2. The Hall–Kier alpha value is -3.35. The van der Waals surface area contributed by atoms with Crippen LogP contribution in [0.5, 0.6) is 11.5 Å². The average Bonchev–Trinajstić information content (AvgIpc) is 3.10. The Balaban J connectivity index is 1.71. The highest BCUT2D eigenvalue weighted by molar-refractivity contribution is 6.04. The summed E-state index contributed by atoms with van der Waals surface area (Å²) in [6.45, 7) is 1.77. The van der Waals surface area contributed by atoms with Gasteiger partial charge in [-0.25, -0.2) is 0 Å². The number of amides is 2. The van der Waals surface area contributed by atoms with E-state index in [1.165, 1.54) is 14.0 Å². The maximum Gasteiger partial charge on any atom is 0.229 e. The normalized spacial score (nSPS) is 16.0. The molecular formula is C21H22N2O5. The first-order valence-electron chi connectivity index (χ1n) is 8.87. The Kier molecular flexibility index (Phi) is 5.63. The molecule has 1 aliphatic heterocycles. The second kappa shape index (κ2) is 8.12. The van der Waals surface area contributed by atoms with E-state index in [1.807, 2.05) is 0 Å². The highest BCUT2D eigenvalue weighted by Crippen LogP contribution is 2.31. The Morgan fingerprint density at radius 2 is 1.79 bits per heavy atom. The lowest BCUT2D eigenvalue weighted by atomic mass is 10.1. The summed E-state index contributed by atoms with van der Waals surface area (Å²) < 4.78 is 10.4. The molecule has 1 unspecified atom stereocenters. The van der Waals surface area contributed by atoms with Gasteiger partial charge in [-0.3, -0.25) is 14.4 Å². The van der Waals surface area contributed by atoms with Gasteiger partial charge in [0.2, 0.25) is 11.8 Å². The molecule has 3 rings (SSSR count). The van der Waals surface area contributed by atoms with Crippen LogP contribution in [-0.4, -0.2) is 38.4 Å². The summed E-state index contributed by atoms with van der Waals surface area (Å²) >= 11 is 0. The minimum atomic E-state index is -0.480. The summed E-state index contributed by atoms with van der Waals surface area (Å²) in [4.78, 5) is 38.1. The van der Waals surface area contributed by atoms with Crippen molar-refractivity contribution in [1.82, 2.24) is 0 Å². The molecule has 2 amide bonds. The number of Topliss-reactive ketones (excluding diaryl/α,β-unsaturated/α-hetero) is 1. The number of carbonyl (C=O) groups is 3. The zero-order chi connectivity index (χ0) is 20.3. The molecule has 7 heteroatoms. The standard InChI is InChI=1S/C21H22N2O5/c1-13(24)14-4-6-16(7-5-14)23-12-15(10-20(23)25)21(26)22-18-9-8-17(27-2)11-19(18)28-3/h4-9,11,15H,10,12H2,1-3H3,(H,22,26). The second-order valence-electron chi connectivity index (χ2n) is 6.56. The van der Waals surface area contributed by atoms with E-state index in [1.54, 1.807) is 54.5 Å². The molecule has 2 aromatic carbocycles. The lowest BCUT2D eigenvalue weighted by Crippen LogP contribution is -2.28. The van der Waals surface area contributed by atoms with Crippen molar-refractivity contribution in [3.05, 3.63) is 48.0 Å². The predicted octanol–water partition coefficient (Wildman–Crippen LogP) is 2.90. The lowest BCUT2D eigenvalue weighted by molar-refractivity contribution is -0.122. The third kappa shape index (κ3) is 3.98. The molecule has 1 aliphatic rings. The Labute approximate surface area is 163 Å². The third-order valence-corrected chi connectivity index (χ3v) is 4.75. The van der Waals surface area contributed by atoms with Crippen LogP contribution in [0.25, 0.3) is 0 Å². The Morgan fingerprint density at radius 3 is 2.39 bits per heavy atom. The fraction of sp³-hybridized carbons (Fsp3) is 0.286. The SMILES string of the molecule is COc1ccc(NC(=O)C2CC(=O)N(c3ccc(C(C)=O)cc3)C2)c(OC)c1.